The zero-order valence-corrected chi connectivity index (χ0v) is 14.5. The molecule has 0 unspecified atom stereocenters. The molecule has 0 bridgehead atoms. The van der Waals surface area contributed by atoms with Gasteiger partial charge in [-0.15, -0.1) is 5.10 Å². The summed E-state index contributed by atoms with van der Waals surface area (Å²) in [7, 11) is 0. The molecule has 0 fully saturated rings. The average molecular weight is 365 g/mol. The fourth-order valence-electron chi connectivity index (χ4n) is 2.51. The molecule has 7 nitrogen and oxygen atoms in total. The molecule has 0 atom stereocenters. The molecule has 0 saturated carbocycles. The van der Waals surface area contributed by atoms with E-state index < -0.39 is 0 Å². The number of aromatic nitrogens is 5. The topological polar surface area (TPSA) is 85.1 Å². The van der Waals surface area contributed by atoms with Crippen molar-refractivity contribution >= 4 is 29.0 Å². The van der Waals surface area contributed by atoms with Crippen LogP contribution in [0.4, 0.5) is 5.69 Å². The summed E-state index contributed by atoms with van der Waals surface area (Å²) < 4.78 is 1.55. The number of carbonyl (C=O) groups excluding carboxylic acids is 1. The second-order valence-electron chi connectivity index (χ2n) is 5.61. The molecule has 8 heteroatoms. The van der Waals surface area contributed by atoms with Gasteiger partial charge in [-0.2, -0.15) is 4.98 Å². The maximum Gasteiger partial charge on any atom is 0.259 e. The van der Waals surface area contributed by atoms with E-state index >= 15 is 0 Å². The van der Waals surface area contributed by atoms with E-state index in [9.17, 15) is 4.79 Å². The molecule has 0 aliphatic rings. The fourth-order valence-corrected chi connectivity index (χ4v) is 2.64. The Labute approximate surface area is 153 Å². The van der Waals surface area contributed by atoms with Gasteiger partial charge in [0.05, 0.1) is 11.3 Å². The molecule has 26 heavy (non-hydrogen) atoms. The number of amides is 1. The molecule has 0 radical (unpaired) electrons. The molecule has 1 N–H and O–H groups in total. The zero-order chi connectivity index (χ0) is 18.1. The van der Waals surface area contributed by atoms with Crippen LogP contribution < -0.4 is 5.32 Å². The van der Waals surface area contributed by atoms with Crippen LogP contribution in [-0.4, -0.2) is 30.5 Å². The van der Waals surface area contributed by atoms with Crippen LogP contribution in [0.15, 0.2) is 55.0 Å². The normalized spacial score (nSPS) is 10.8. The van der Waals surface area contributed by atoms with Crippen LogP contribution >= 0.6 is 11.6 Å². The van der Waals surface area contributed by atoms with E-state index in [2.05, 4.69) is 25.4 Å². The molecule has 3 aromatic heterocycles. The molecule has 0 saturated heterocycles. The minimum Gasteiger partial charge on any atom is -0.322 e. The van der Waals surface area contributed by atoms with Gasteiger partial charge in [-0.1, -0.05) is 11.6 Å². The van der Waals surface area contributed by atoms with Crippen molar-refractivity contribution in [2.24, 2.45) is 0 Å². The molecular formula is C18H13ClN6O. The van der Waals surface area contributed by atoms with Crippen LogP contribution in [0, 0.1) is 6.92 Å². The lowest BCUT2D eigenvalue weighted by atomic mass is 10.2. The molecule has 4 aromatic rings. The number of fused-ring (bicyclic) bond motifs is 1. The van der Waals surface area contributed by atoms with E-state index in [4.69, 9.17) is 11.6 Å². The maximum absolute atomic E-state index is 12.6. The van der Waals surface area contributed by atoms with Gasteiger partial charge in [0.1, 0.15) is 0 Å². The maximum atomic E-state index is 12.6. The molecule has 1 amide bonds. The van der Waals surface area contributed by atoms with Gasteiger partial charge in [0.25, 0.3) is 11.7 Å². The zero-order valence-electron chi connectivity index (χ0n) is 13.7. The van der Waals surface area contributed by atoms with Crippen molar-refractivity contribution in [1.82, 2.24) is 24.6 Å². The molecular weight excluding hydrogens is 352 g/mol. The molecule has 0 aliphatic carbocycles. The van der Waals surface area contributed by atoms with Crippen LogP contribution in [-0.2, 0) is 0 Å². The highest BCUT2D eigenvalue weighted by Crippen LogP contribution is 2.18. The number of nitrogens with zero attached hydrogens (tertiary/aromatic N) is 5. The Morgan fingerprint density at radius 2 is 1.96 bits per heavy atom. The summed E-state index contributed by atoms with van der Waals surface area (Å²) >= 11 is 5.86. The predicted octanol–water partition coefficient (Wildman–Crippen LogP) is 3.40. The first-order valence-corrected chi connectivity index (χ1v) is 8.19. The molecule has 4 rings (SSSR count). The molecule has 128 valence electrons. The Morgan fingerprint density at radius 1 is 1.15 bits per heavy atom. The minimum absolute atomic E-state index is 0.280. The predicted molar refractivity (Wildman–Crippen MR) is 98.2 cm³/mol. The lowest BCUT2D eigenvalue weighted by molar-refractivity contribution is 0.102. The summed E-state index contributed by atoms with van der Waals surface area (Å²) in [5.74, 6) is 0.644. The third-order valence-corrected chi connectivity index (χ3v) is 4.13. The Kier molecular flexibility index (Phi) is 4.06. The van der Waals surface area contributed by atoms with Gasteiger partial charge in [-0.25, -0.2) is 9.50 Å². The van der Waals surface area contributed by atoms with E-state index in [1.165, 1.54) is 6.20 Å². The first-order chi connectivity index (χ1) is 12.6. The lowest BCUT2D eigenvalue weighted by Crippen LogP contribution is -2.16. The average Bonchev–Trinajstić information content (AvgIpc) is 3.10. The highest BCUT2D eigenvalue weighted by atomic mass is 35.5. The summed E-state index contributed by atoms with van der Waals surface area (Å²) in [6.45, 7) is 1.80. The summed E-state index contributed by atoms with van der Waals surface area (Å²) in [4.78, 5) is 25.3. The van der Waals surface area contributed by atoms with Crippen molar-refractivity contribution in [3.05, 3.63) is 71.3 Å². The molecule has 3 heterocycles. The minimum atomic E-state index is -0.280. The van der Waals surface area contributed by atoms with Crippen molar-refractivity contribution in [1.29, 1.82) is 0 Å². The SMILES string of the molecule is Cc1c(C(=O)Nc2ccc(Cl)cc2)cnc2nc(-c3cccnc3)nn12. The quantitative estimate of drug-likeness (QED) is 0.602. The number of anilines is 1. The fraction of sp³-hybridized carbons (Fsp3) is 0.0556. The molecule has 1 aromatic carbocycles. The van der Waals surface area contributed by atoms with Gasteiger partial charge < -0.3 is 5.32 Å². The first kappa shape index (κ1) is 16.2. The van der Waals surface area contributed by atoms with Crippen LogP contribution in [0.3, 0.4) is 0 Å². The van der Waals surface area contributed by atoms with E-state index in [0.717, 1.165) is 5.56 Å². The van der Waals surface area contributed by atoms with E-state index in [1.54, 1.807) is 48.1 Å². The number of pyridine rings is 1. The van der Waals surface area contributed by atoms with E-state index in [0.29, 0.717) is 33.6 Å². The number of hydrogen-bond acceptors (Lipinski definition) is 5. The van der Waals surface area contributed by atoms with Crippen molar-refractivity contribution in [3.63, 3.8) is 0 Å². The smallest absolute Gasteiger partial charge is 0.259 e. The van der Waals surface area contributed by atoms with Crippen molar-refractivity contribution in [2.45, 2.75) is 6.92 Å². The lowest BCUT2D eigenvalue weighted by Gasteiger charge is -2.08. The summed E-state index contributed by atoms with van der Waals surface area (Å²) in [5.41, 5.74) is 2.48. The highest BCUT2D eigenvalue weighted by Gasteiger charge is 2.16. The highest BCUT2D eigenvalue weighted by molar-refractivity contribution is 6.30. The monoisotopic (exact) mass is 364 g/mol. The Hall–Kier alpha value is -3.32. The van der Waals surface area contributed by atoms with Gasteiger partial charge >= 0.3 is 0 Å². The van der Waals surface area contributed by atoms with Crippen molar-refractivity contribution in [3.8, 4) is 11.4 Å². The van der Waals surface area contributed by atoms with E-state index in [-0.39, 0.29) is 5.91 Å². The number of nitrogens with one attached hydrogen (secondary N) is 1. The number of aryl methyl sites for hydroxylation is 1. The first-order valence-electron chi connectivity index (χ1n) is 7.81. The van der Waals surface area contributed by atoms with Gasteiger partial charge in [-0.3, -0.25) is 9.78 Å². The van der Waals surface area contributed by atoms with Crippen LogP contribution in [0.25, 0.3) is 17.2 Å². The van der Waals surface area contributed by atoms with Gasteiger partial charge in [0.2, 0.25) is 0 Å². The van der Waals surface area contributed by atoms with Crippen molar-refractivity contribution < 1.29 is 4.79 Å². The van der Waals surface area contributed by atoms with Crippen LogP contribution in [0.1, 0.15) is 16.1 Å². The largest absolute Gasteiger partial charge is 0.322 e. The molecule has 0 aliphatic heterocycles. The van der Waals surface area contributed by atoms with Crippen molar-refractivity contribution in [2.75, 3.05) is 5.32 Å². The van der Waals surface area contributed by atoms with E-state index in [1.807, 2.05) is 12.1 Å². The standard InChI is InChI=1S/C18H13ClN6O/c1-11-15(17(26)22-14-6-4-13(19)5-7-14)10-21-18-23-16(24-25(11)18)12-3-2-8-20-9-12/h2-10H,1H3,(H,22,26). The second kappa shape index (κ2) is 6.53. The Bertz CT molecular complexity index is 1090. The number of hydrogen-bond donors (Lipinski definition) is 1. The van der Waals surface area contributed by atoms with Gasteiger partial charge in [0, 0.05) is 34.9 Å². The van der Waals surface area contributed by atoms with Crippen LogP contribution in [0.5, 0.6) is 0 Å². The van der Waals surface area contributed by atoms with Gasteiger partial charge in [0.15, 0.2) is 5.82 Å². The third-order valence-electron chi connectivity index (χ3n) is 3.87. The summed E-state index contributed by atoms with van der Waals surface area (Å²) in [6, 6.07) is 10.6. The third kappa shape index (κ3) is 3.00. The summed E-state index contributed by atoms with van der Waals surface area (Å²) in [6.07, 6.45) is 4.86. The second-order valence-corrected chi connectivity index (χ2v) is 6.04. The Morgan fingerprint density at radius 3 is 2.69 bits per heavy atom. The number of carbonyl (C=O) groups is 1. The number of benzene rings is 1. The van der Waals surface area contributed by atoms with Crippen LogP contribution in [0.2, 0.25) is 5.02 Å². The number of rotatable bonds is 3. The number of halogens is 1. The molecule has 0 spiro atoms. The Balaban J connectivity index is 1.69. The summed E-state index contributed by atoms with van der Waals surface area (Å²) in [5, 5.41) is 7.87. The van der Waals surface area contributed by atoms with Gasteiger partial charge in [-0.05, 0) is 43.3 Å².